The van der Waals surface area contributed by atoms with Crippen molar-refractivity contribution in [2.75, 3.05) is 13.7 Å². The van der Waals surface area contributed by atoms with Crippen LogP contribution in [0, 0.1) is 10.1 Å². The highest BCUT2D eigenvalue weighted by Gasteiger charge is 2.19. The lowest BCUT2D eigenvalue weighted by atomic mass is 10.2. The van der Waals surface area contributed by atoms with Crippen LogP contribution in [0.4, 0.5) is 5.69 Å². The number of hydrazone groups is 1. The van der Waals surface area contributed by atoms with Crippen molar-refractivity contribution in [1.29, 1.82) is 0 Å². The fraction of sp³-hybridized carbons (Fsp3) is 0.125. The van der Waals surface area contributed by atoms with Crippen molar-refractivity contribution in [3.8, 4) is 17.2 Å². The predicted molar refractivity (Wildman–Crippen MR) is 112 cm³/mol. The van der Waals surface area contributed by atoms with E-state index in [1.807, 2.05) is 0 Å². The van der Waals surface area contributed by atoms with Gasteiger partial charge in [0.25, 0.3) is 5.91 Å². The molecule has 0 atom stereocenters. The molecule has 0 spiro atoms. The second-order valence-electron chi connectivity index (χ2n) is 5.13. The number of phenolic OH excluding ortho intramolecular Hbond substituents is 1. The van der Waals surface area contributed by atoms with Gasteiger partial charge in [0, 0.05) is 16.1 Å². The van der Waals surface area contributed by atoms with Crippen LogP contribution in [0.2, 0.25) is 0 Å². The van der Waals surface area contributed by atoms with Crippen LogP contribution >= 0.6 is 47.8 Å². The molecule has 2 aromatic rings. The lowest BCUT2D eigenvalue weighted by molar-refractivity contribution is -0.386. The number of ether oxygens (including phenoxy) is 2. The van der Waals surface area contributed by atoms with E-state index in [2.05, 4.69) is 58.3 Å². The largest absolute Gasteiger partial charge is 0.500 e. The van der Waals surface area contributed by atoms with Crippen molar-refractivity contribution in [2.45, 2.75) is 0 Å². The van der Waals surface area contributed by atoms with E-state index in [0.717, 1.165) is 10.5 Å². The zero-order valence-corrected chi connectivity index (χ0v) is 18.9. The summed E-state index contributed by atoms with van der Waals surface area (Å²) in [6.45, 7) is -0.310. The summed E-state index contributed by atoms with van der Waals surface area (Å²) in [5.74, 6) is -0.776. The third-order valence-electron chi connectivity index (χ3n) is 3.21. The Morgan fingerprint density at radius 1 is 1.29 bits per heavy atom. The van der Waals surface area contributed by atoms with Gasteiger partial charge in [-0.1, -0.05) is 15.9 Å². The van der Waals surface area contributed by atoms with Crippen molar-refractivity contribution in [3.05, 3.63) is 53.4 Å². The van der Waals surface area contributed by atoms with Gasteiger partial charge in [0.15, 0.2) is 12.4 Å². The highest BCUT2D eigenvalue weighted by atomic mass is 79.9. The fourth-order valence-corrected chi connectivity index (χ4v) is 4.49. The molecule has 0 radical (unpaired) electrons. The van der Waals surface area contributed by atoms with Gasteiger partial charge in [-0.3, -0.25) is 14.9 Å². The molecular formula is C16H12Br3N3O6. The van der Waals surface area contributed by atoms with Crippen LogP contribution in [0.5, 0.6) is 17.2 Å². The number of benzene rings is 2. The number of halogens is 3. The maximum absolute atomic E-state index is 11.9. The Hall–Kier alpha value is -2.18. The molecule has 0 aliphatic carbocycles. The van der Waals surface area contributed by atoms with Crippen LogP contribution in [0.25, 0.3) is 0 Å². The summed E-state index contributed by atoms with van der Waals surface area (Å²) in [4.78, 5) is 22.1. The van der Waals surface area contributed by atoms with Gasteiger partial charge in [-0.2, -0.15) is 5.10 Å². The molecule has 2 aromatic carbocycles. The molecule has 0 bridgehead atoms. The number of hydrogen-bond acceptors (Lipinski definition) is 7. The van der Waals surface area contributed by atoms with E-state index in [9.17, 15) is 20.0 Å². The van der Waals surface area contributed by atoms with Crippen molar-refractivity contribution in [2.24, 2.45) is 5.10 Å². The molecule has 2 N–H and O–H groups in total. The quantitative estimate of drug-likeness (QED) is 0.288. The topological polar surface area (TPSA) is 123 Å². The van der Waals surface area contributed by atoms with E-state index in [0.29, 0.717) is 14.7 Å². The monoisotopic (exact) mass is 579 g/mol. The summed E-state index contributed by atoms with van der Waals surface area (Å²) in [5, 5.41) is 24.4. The van der Waals surface area contributed by atoms with E-state index < -0.39 is 22.3 Å². The first-order chi connectivity index (χ1) is 13.2. The van der Waals surface area contributed by atoms with Crippen LogP contribution in [-0.2, 0) is 4.79 Å². The molecule has 0 heterocycles. The Bertz CT molecular complexity index is 928. The zero-order chi connectivity index (χ0) is 20.8. The van der Waals surface area contributed by atoms with E-state index in [-0.39, 0.29) is 17.9 Å². The standard InChI is InChI=1S/C16H12Br3N3O6/c1-27-13-3-8(2-12(15(13)24)22(25)26)6-20-21-14(23)7-28-16-10(18)4-9(17)5-11(16)19/h2-6,24H,7H2,1H3,(H,21,23)/b20-6+. The number of phenols is 1. The van der Waals surface area contributed by atoms with Crippen LogP contribution < -0.4 is 14.9 Å². The smallest absolute Gasteiger partial charge is 0.315 e. The number of nitrogens with one attached hydrogen (secondary N) is 1. The minimum atomic E-state index is -0.754. The van der Waals surface area contributed by atoms with Gasteiger partial charge in [0.05, 0.1) is 27.2 Å². The SMILES string of the molecule is COc1cc(/C=N/NC(=O)COc2c(Br)cc(Br)cc2Br)cc([N+](=O)[O-])c1O. The first-order valence-corrected chi connectivity index (χ1v) is 9.75. The van der Waals surface area contributed by atoms with Crippen LogP contribution in [0.1, 0.15) is 5.56 Å². The zero-order valence-electron chi connectivity index (χ0n) is 14.1. The average molecular weight is 582 g/mol. The van der Waals surface area contributed by atoms with Crippen molar-refractivity contribution in [1.82, 2.24) is 5.43 Å². The molecule has 0 aromatic heterocycles. The van der Waals surface area contributed by atoms with E-state index in [1.54, 1.807) is 12.1 Å². The van der Waals surface area contributed by atoms with Gasteiger partial charge in [0.2, 0.25) is 5.75 Å². The number of hydrogen-bond donors (Lipinski definition) is 2. The molecule has 148 valence electrons. The number of carbonyl (C=O) groups is 1. The number of nitro benzene ring substituents is 1. The summed E-state index contributed by atoms with van der Waals surface area (Å²) in [6, 6.07) is 5.97. The van der Waals surface area contributed by atoms with Gasteiger partial charge in [-0.15, -0.1) is 0 Å². The molecule has 9 nitrogen and oxygen atoms in total. The maximum Gasteiger partial charge on any atom is 0.315 e. The normalized spacial score (nSPS) is 10.7. The van der Waals surface area contributed by atoms with Crippen LogP contribution in [-0.4, -0.2) is 35.9 Å². The minimum absolute atomic E-state index is 0.0877. The van der Waals surface area contributed by atoms with Crippen LogP contribution in [0.3, 0.4) is 0 Å². The molecule has 0 aliphatic rings. The molecule has 28 heavy (non-hydrogen) atoms. The minimum Gasteiger partial charge on any atom is -0.500 e. The van der Waals surface area contributed by atoms with Crippen molar-refractivity contribution in [3.63, 3.8) is 0 Å². The molecule has 12 heteroatoms. The molecule has 0 saturated heterocycles. The third kappa shape index (κ3) is 5.66. The number of nitrogens with zero attached hydrogens (tertiary/aromatic N) is 2. The van der Waals surface area contributed by atoms with Gasteiger partial charge >= 0.3 is 5.69 Å². The lowest BCUT2D eigenvalue weighted by Crippen LogP contribution is -2.24. The fourth-order valence-electron chi connectivity index (χ4n) is 2.00. The Balaban J connectivity index is 2.02. The Morgan fingerprint density at radius 2 is 1.93 bits per heavy atom. The lowest BCUT2D eigenvalue weighted by Gasteiger charge is -2.10. The van der Waals surface area contributed by atoms with E-state index >= 15 is 0 Å². The molecule has 0 unspecified atom stereocenters. The highest BCUT2D eigenvalue weighted by molar-refractivity contribution is 9.11. The number of aromatic hydroxyl groups is 1. The van der Waals surface area contributed by atoms with E-state index in [1.165, 1.54) is 19.4 Å². The number of nitro groups is 1. The van der Waals surface area contributed by atoms with Gasteiger partial charge < -0.3 is 14.6 Å². The van der Waals surface area contributed by atoms with Crippen LogP contribution in [0.15, 0.2) is 42.8 Å². The van der Waals surface area contributed by atoms with Gasteiger partial charge in [0.1, 0.15) is 5.75 Å². The molecule has 0 fully saturated rings. The Morgan fingerprint density at radius 3 is 2.50 bits per heavy atom. The summed E-state index contributed by atoms with van der Waals surface area (Å²) in [5.41, 5.74) is 1.95. The molecule has 2 rings (SSSR count). The summed E-state index contributed by atoms with van der Waals surface area (Å²) < 4.78 is 12.5. The molecule has 0 aliphatic heterocycles. The third-order valence-corrected chi connectivity index (χ3v) is 4.84. The number of methoxy groups -OCH3 is 1. The molecular weight excluding hydrogens is 570 g/mol. The van der Waals surface area contributed by atoms with E-state index in [4.69, 9.17) is 9.47 Å². The van der Waals surface area contributed by atoms with Crippen molar-refractivity contribution < 1.29 is 24.3 Å². The van der Waals surface area contributed by atoms with Gasteiger partial charge in [-0.05, 0) is 50.1 Å². The molecule has 0 saturated carbocycles. The average Bonchev–Trinajstić information content (AvgIpc) is 2.61. The summed E-state index contributed by atoms with van der Waals surface area (Å²) in [7, 11) is 1.26. The number of rotatable bonds is 7. The maximum atomic E-state index is 11.9. The second-order valence-corrected chi connectivity index (χ2v) is 7.75. The Labute approximate surface area is 184 Å². The Kier molecular flexibility index (Phi) is 7.78. The van der Waals surface area contributed by atoms with Gasteiger partial charge in [-0.25, -0.2) is 5.43 Å². The second kappa shape index (κ2) is 9.85. The molecule has 1 amide bonds. The summed E-state index contributed by atoms with van der Waals surface area (Å²) >= 11 is 10.0. The number of carbonyl (C=O) groups excluding carboxylic acids is 1. The number of amides is 1. The first kappa shape index (κ1) is 22.1. The highest BCUT2D eigenvalue weighted by Crippen LogP contribution is 2.37. The van der Waals surface area contributed by atoms with Crippen molar-refractivity contribution >= 4 is 65.6 Å². The summed E-state index contributed by atoms with van der Waals surface area (Å²) in [6.07, 6.45) is 1.18. The predicted octanol–water partition coefficient (Wildman–Crippen LogP) is 4.13. The first-order valence-electron chi connectivity index (χ1n) is 7.37.